The van der Waals surface area contributed by atoms with Crippen LogP contribution in [0.15, 0.2) is 0 Å². The van der Waals surface area contributed by atoms with E-state index in [1.807, 2.05) is 0 Å². The summed E-state index contributed by atoms with van der Waals surface area (Å²) < 4.78 is 54.8. The Hall–Kier alpha value is -2.86. The highest BCUT2D eigenvalue weighted by Gasteiger charge is 2.53. The molecule has 4 unspecified atom stereocenters. The lowest BCUT2D eigenvalue weighted by molar-refractivity contribution is -0.297. The molecule has 2 saturated heterocycles. The average molecular weight is 1520 g/mol. The zero-order valence-corrected chi connectivity index (χ0v) is 67.5. The number of aliphatic hydroxyl groups excluding tert-OH is 5. The third kappa shape index (κ3) is 50.6. The monoisotopic (exact) mass is 1520 g/mol. The first kappa shape index (κ1) is 98.2. The molecule has 0 aliphatic carbocycles. The van der Waals surface area contributed by atoms with Gasteiger partial charge in [0.25, 0.3) is 0 Å². The summed E-state index contributed by atoms with van der Waals surface area (Å²) in [5.74, 6) is -3.45. The van der Waals surface area contributed by atoms with Gasteiger partial charge in [-0.05, 0) is 44.9 Å². The van der Waals surface area contributed by atoms with Gasteiger partial charge in [0.15, 0.2) is 18.7 Å². The van der Waals surface area contributed by atoms with Crippen LogP contribution in [0.3, 0.4) is 0 Å². The number of esters is 3. The molecule has 23 heteroatoms. The Kier molecular flexibility index (Phi) is 60.6. The predicted octanol–water partition coefficient (Wildman–Crippen LogP) is 17.0. The molecule has 0 radical (unpaired) electrons. The van der Waals surface area contributed by atoms with Gasteiger partial charge in [-0.2, -0.15) is 0 Å². The van der Waals surface area contributed by atoms with Gasteiger partial charge in [0.05, 0.1) is 38.6 Å². The number of rotatable bonds is 71. The minimum Gasteiger partial charge on any atom is -0.462 e. The van der Waals surface area contributed by atoms with Crippen molar-refractivity contribution in [1.82, 2.24) is 10.6 Å². The quantitative estimate of drug-likeness (QED) is 0.0118. The standard InChI is InChI=1S/C82H155N2O20P/c1-6-11-16-21-26-31-33-38-43-48-53-58-72(89)99-66(56-51-46-41-36-29-24-19-14-9-4)61-71(88)84-76-80(103-74(91)62-67(57-52-47-42-37-30-25-20-15-10-5)100-73(90)59-54-49-44-39-34-32-27-22-17-12-7-2)79(104-105(95,96)97)68(63-85)102-82(76)98-64-69-77(92)78(93)75(81(94)101-69)83-70(87)60-65(86)55-50-45-40-35-28-23-18-13-8-3/h65-69,75-82,85-86,92-94H,6-64H2,1-5H3,(H,83,87)(H,84,88)(H2,95,96,97)/t65-,66-,67-,68?,69?,75?,76+,77-,78-,79-,80?,81+,82-/m1/s1. The Labute approximate surface area is 635 Å². The first-order chi connectivity index (χ1) is 50.8. The molecule has 0 aromatic carbocycles. The van der Waals surface area contributed by atoms with Gasteiger partial charge in [-0.25, -0.2) is 4.57 Å². The topological polar surface area (TPSA) is 333 Å². The Morgan fingerprint density at radius 3 is 1.12 bits per heavy atom. The molecule has 0 aromatic heterocycles. The molecule has 2 aliphatic rings. The number of carbonyl (C=O) groups is 5. The summed E-state index contributed by atoms with van der Waals surface area (Å²) in [7, 11) is -5.56. The van der Waals surface area contributed by atoms with Crippen molar-refractivity contribution in [3.05, 3.63) is 0 Å². The van der Waals surface area contributed by atoms with Crippen LogP contribution >= 0.6 is 7.82 Å². The van der Waals surface area contributed by atoms with Gasteiger partial charge in [-0.3, -0.25) is 28.5 Å². The van der Waals surface area contributed by atoms with E-state index in [1.165, 1.54) is 128 Å². The normalized spacial score (nSPS) is 21.4. The number of unbranched alkanes of at least 4 members (excludes halogenated alkanes) is 44. The van der Waals surface area contributed by atoms with E-state index in [-0.39, 0.29) is 19.3 Å². The molecule has 9 N–H and O–H groups in total. The first-order valence-corrected chi connectivity index (χ1v) is 44.5. The van der Waals surface area contributed by atoms with Gasteiger partial charge < -0.3 is 74.4 Å². The van der Waals surface area contributed by atoms with E-state index in [0.717, 1.165) is 154 Å². The van der Waals surface area contributed by atoms with E-state index in [4.69, 9.17) is 32.9 Å². The van der Waals surface area contributed by atoms with Gasteiger partial charge >= 0.3 is 25.7 Å². The van der Waals surface area contributed by atoms with Crippen LogP contribution in [0, 0.1) is 0 Å². The van der Waals surface area contributed by atoms with E-state index in [2.05, 4.69) is 45.3 Å². The maximum atomic E-state index is 14.8. The average Bonchev–Trinajstić information content (AvgIpc) is 0.781. The lowest BCUT2D eigenvalue weighted by atomic mass is 9.95. The molecule has 2 fully saturated rings. The number of nitrogens with one attached hydrogen (secondary N) is 2. The molecular formula is C82H155N2O20P. The second-order valence-electron chi connectivity index (χ2n) is 30.7. The van der Waals surface area contributed by atoms with Gasteiger partial charge in [-0.15, -0.1) is 0 Å². The molecule has 0 saturated carbocycles. The number of phosphoric acid groups is 1. The summed E-state index contributed by atoms with van der Waals surface area (Å²) in [4.78, 5) is 91.0. The fraction of sp³-hybridized carbons (Fsp3) is 0.939. The van der Waals surface area contributed by atoms with E-state index < -0.39 is 143 Å². The molecule has 0 spiro atoms. The highest BCUT2D eigenvalue weighted by Crippen LogP contribution is 2.43. The fourth-order valence-corrected chi connectivity index (χ4v) is 15.0. The van der Waals surface area contributed by atoms with Crippen LogP contribution in [0.25, 0.3) is 0 Å². The Morgan fingerprint density at radius 2 is 0.743 bits per heavy atom. The van der Waals surface area contributed by atoms with Crippen molar-refractivity contribution in [2.75, 3.05) is 13.2 Å². The zero-order valence-electron chi connectivity index (χ0n) is 66.6. The van der Waals surface area contributed by atoms with Gasteiger partial charge in [0.2, 0.25) is 11.8 Å². The smallest absolute Gasteiger partial charge is 0.462 e. The Bertz CT molecular complexity index is 2180. The Morgan fingerprint density at radius 1 is 0.400 bits per heavy atom. The second-order valence-corrected chi connectivity index (χ2v) is 31.9. The lowest BCUT2D eigenvalue weighted by Crippen LogP contribution is -2.67. The van der Waals surface area contributed by atoms with E-state index in [1.54, 1.807) is 0 Å². The molecule has 2 amide bonds. The van der Waals surface area contributed by atoms with Crippen molar-refractivity contribution < 1.29 is 96.8 Å². The maximum Gasteiger partial charge on any atom is 0.470 e. The van der Waals surface area contributed by atoms with E-state index >= 15 is 0 Å². The van der Waals surface area contributed by atoms with Crippen LogP contribution in [0.1, 0.15) is 401 Å². The SMILES string of the molecule is CCCCCCCCCCCCCC(=O)O[C@H](CCCCCCCCCCC)CC(=O)N[C@H]1C(OC(=O)C[C@@H](CCCCCCCCCCC)OC(=O)CCCCCCCCCCCCC)[C@H](OP(=O)(O)O)C(CO)O[C@H]1OCC1O[C@H](O)C(NC(=O)C[C@H](O)CCCCCCCCCCC)[C@@H](O)[C@@H]1O. The Balaban J connectivity index is 2.52. The summed E-state index contributed by atoms with van der Waals surface area (Å²) >= 11 is 0. The van der Waals surface area contributed by atoms with Crippen molar-refractivity contribution in [2.24, 2.45) is 0 Å². The number of hydrogen-bond donors (Lipinski definition) is 9. The highest BCUT2D eigenvalue weighted by molar-refractivity contribution is 7.46. The number of phosphoric ester groups is 1. The largest absolute Gasteiger partial charge is 0.470 e. The second kappa shape index (κ2) is 64.8. The van der Waals surface area contributed by atoms with Crippen molar-refractivity contribution in [3.63, 3.8) is 0 Å². The molecule has 105 heavy (non-hydrogen) atoms. The van der Waals surface area contributed by atoms with Crippen molar-refractivity contribution in [3.8, 4) is 0 Å². The van der Waals surface area contributed by atoms with Crippen LogP contribution < -0.4 is 10.6 Å². The minimum atomic E-state index is -5.56. The summed E-state index contributed by atoms with van der Waals surface area (Å²) in [6.45, 7) is 9.19. The number of carbonyl (C=O) groups excluding carboxylic acids is 5. The summed E-state index contributed by atoms with van der Waals surface area (Å²) in [5.41, 5.74) is 0. The third-order valence-corrected chi connectivity index (χ3v) is 21.4. The molecule has 618 valence electrons. The highest BCUT2D eigenvalue weighted by atomic mass is 31.2. The molecule has 0 bridgehead atoms. The van der Waals surface area contributed by atoms with Crippen molar-refractivity contribution in [1.29, 1.82) is 0 Å². The molecule has 2 rings (SSSR count). The molecule has 0 aromatic rings. The molecule has 2 heterocycles. The lowest BCUT2D eigenvalue weighted by Gasteiger charge is -2.46. The van der Waals surface area contributed by atoms with Crippen LogP contribution in [0.2, 0.25) is 0 Å². The molecule has 22 nitrogen and oxygen atoms in total. The maximum absolute atomic E-state index is 14.8. The summed E-state index contributed by atoms with van der Waals surface area (Å²) in [6.07, 6.45) is 34.5. The number of hydrogen-bond acceptors (Lipinski definition) is 18. The van der Waals surface area contributed by atoms with Crippen LogP contribution in [-0.4, -0.2) is 158 Å². The molecular weight excluding hydrogens is 1360 g/mol. The van der Waals surface area contributed by atoms with Crippen molar-refractivity contribution >= 4 is 37.5 Å². The molecule has 2 aliphatic heterocycles. The van der Waals surface area contributed by atoms with Crippen LogP contribution in [0.5, 0.6) is 0 Å². The first-order valence-electron chi connectivity index (χ1n) is 43.0. The van der Waals surface area contributed by atoms with Crippen LogP contribution in [-0.2, 0) is 61.5 Å². The van der Waals surface area contributed by atoms with Crippen molar-refractivity contribution in [2.45, 2.75) is 480 Å². The summed E-state index contributed by atoms with van der Waals surface area (Å²) in [6, 6.07) is -3.31. The van der Waals surface area contributed by atoms with E-state index in [0.29, 0.717) is 51.4 Å². The number of amides is 2. The predicted molar refractivity (Wildman–Crippen MR) is 413 cm³/mol. The number of ether oxygens (including phenoxy) is 6. The van der Waals surface area contributed by atoms with Crippen LogP contribution in [0.4, 0.5) is 0 Å². The van der Waals surface area contributed by atoms with Gasteiger partial charge in [0, 0.05) is 12.8 Å². The third-order valence-electron chi connectivity index (χ3n) is 20.8. The number of aliphatic hydroxyl groups is 5. The van der Waals surface area contributed by atoms with E-state index in [9.17, 15) is 63.9 Å². The fourth-order valence-electron chi connectivity index (χ4n) is 14.4. The van der Waals surface area contributed by atoms with Gasteiger partial charge in [-0.1, -0.05) is 324 Å². The van der Waals surface area contributed by atoms with Gasteiger partial charge in [0.1, 0.15) is 54.8 Å². The zero-order chi connectivity index (χ0) is 77.0. The molecule has 13 atom stereocenters. The minimum absolute atomic E-state index is 0.130. The summed E-state index contributed by atoms with van der Waals surface area (Å²) in [5, 5.41) is 61.3.